The number of amides is 3. The fourth-order valence-electron chi connectivity index (χ4n) is 4.28. The first-order valence-corrected chi connectivity index (χ1v) is 12.2. The molecule has 1 N–H and O–H groups in total. The van der Waals surface area contributed by atoms with Crippen molar-refractivity contribution in [2.45, 2.75) is 38.8 Å². The zero-order valence-electron chi connectivity index (χ0n) is 21.1. The van der Waals surface area contributed by atoms with Gasteiger partial charge >= 0.3 is 0 Å². The molecule has 0 radical (unpaired) electrons. The third-order valence-corrected chi connectivity index (χ3v) is 6.70. The van der Waals surface area contributed by atoms with E-state index in [2.05, 4.69) is 15.3 Å². The number of nitrogens with one attached hydrogen (secondary N) is 1. The molecule has 1 aliphatic heterocycles. The molecule has 0 spiro atoms. The van der Waals surface area contributed by atoms with Crippen LogP contribution in [0, 0.1) is 11.8 Å². The second-order valence-corrected chi connectivity index (χ2v) is 9.62. The number of carbonyl (C=O) groups excluding carboxylic acids is 3. The second kappa shape index (κ2) is 11.0. The Bertz CT molecular complexity index is 1110. The van der Waals surface area contributed by atoms with E-state index in [-0.39, 0.29) is 54.0 Å². The fourth-order valence-corrected chi connectivity index (χ4v) is 4.28. The third-order valence-electron chi connectivity index (χ3n) is 6.70. The number of likely N-dealkylation sites (N-methyl/N-ethyl adjacent to an activating group) is 1. The molecule has 0 bridgehead atoms. The van der Waals surface area contributed by atoms with Crippen molar-refractivity contribution in [1.29, 1.82) is 0 Å². The monoisotopic (exact) mass is 495 g/mol. The predicted octanol–water partition coefficient (Wildman–Crippen LogP) is 2.47. The van der Waals surface area contributed by atoms with E-state index in [4.69, 9.17) is 9.47 Å². The van der Waals surface area contributed by atoms with Crippen molar-refractivity contribution in [1.82, 2.24) is 19.8 Å². The minimum Gasteiger partial charge on any atom is -0.491 e. The summed E-state index contributed by atoms with van der Waals surface area (Å²) in [6.45, 7) is 4.75. The molecule has 10 heteroatoms. The molecule has 2 aromatic rings. The van der Waals surface area contributed by atoms with E-state index in [0.717, 1.165) is 12.8 Å². The summed E-state index contributed by atoms with van der Waals surface area (Å²) in [6, 6.07) is 4.74. The molecule has 0 unspecified atom stereocenters. The number of fused-ring (bicyclic) bond motifs is 1. The lowest BCUT2D eigenvalue weighted by atomic mass is 10.0. The molecule has 3 atom stereocenters. The minimum absolute atomic E-state index is 0.0371. The molecular weight excluding hydrogens is 462 g/mol. The molecule has 1 aliphatic carbocycles. The standard InChI is InChI=1S/C26H33N5O5/c1-16-13-31(26(34)21-12-27-9-10-28-21)17(2)15-36-22-8-7-19(29-24(32)18-5-6-18)11-20(22)25(33)30(3)14-23(16)35-4/h7-12,16-18,23H,5-6,13-15H2,1-4H3,(H,29,32)/t16-,17-,23+/m0/s1. The van der Waals surface area contributed by atoms with Crippen molar-refractivity contribution >= 4 is 23.4 Å². The van der Waals surface area contributed by atoms with E-state index in [9.17, 15) is 14.4 Å². The Morgan fingerprint density at radius 2 is 1.94 bits per heavy atom. The van der Waals surface area contributed by atoms with Gasteiger partial charge in [0.1, 0.15) is 18.1 Å². The molecule has 0 saturated heterocycles. The topological polar surface area (TPSA) is 114 Å². The number of anilines is 1. The van der Waals surface area contributed by atoms with Crippen LogP contribution < -0.4 is 10.1 Å². The third kappa shape index (κ3) is 5.81. The summed E-state index contributed by atoms with van der Waals surface area (Å²) >= 11 is 0. The van der Waals surface area contributed by atoms with E-state index in [1.54, 1.807) is 42.2 Å². The lowest BCUT2D eigenvalue weighted by molar-refractivity contribution is -0.117. The average molecular weight is 496 g/mol. The maximum absolute atomic E-state index is 13.4. The highest BCUT2D eigenvalue weighted by Crippen LogP contribution is 2.31. The summed E-state index contributed by atoms with van der Waals surface area (Å²) in [5.41, 5.74) is 1.14. The van der Waals surface area contributed by atoms with E-state index < -0.39 is 0 Å². The van der Waals surface area contributed by atoms with Gasteiger partial charge in [-0.2, -0.15) is 0 Å². The fraction of sp³-hybridized carbons (Fsp3) is 0.500. The normalized spacial score (nSPS) is 23.1. The van der Waals surface area contributed by atoms with Gasteiger partial charge in [-0.3, -0.25) is 19.4 Å². The number of rotatable bonds is 4. The molecule has 36 heavy (non-hydrogen) atoms. The molecule has 1 saturated carbocycles. The van der Waals surface area contributed by atoms with Gasteiger partial charge in [0.25, 0.3) is 11.8 Å². The Morgan fingerprint density at radius 1 is 1.17 bits per heavy atom. The number of methoxy groups -OCH3 is 1. The van der Waals surface area contributed by atoms with Crippen LogP contribution >= 0.6 is 0 Å². The summed E-state index contributed by atoms with van der Waals surface area (Å²) in [5, 5.41) is 2.90. The number of carbonyl (C=O) groups is 3. The first-order chi connectivity index (χ1) is 17.3. The molecule has 4 rings (SSSR count). The van der Waals surface area contributed by atoms with Crippen LogP contribution in [0.25, 0.3) is 0 Å². The number of hydrogen-bond donors (Lipinski definition) is 1. The molecular formula is C26H33N5O5. The van der Waals surface area contributed by atoms with Gasteiger partial charge in [0.05, 0.1) is 23.9 Å². The first kappa shape index (κ1) is 25.6. The Labute approximate surface area is 211 Å². The van der Waals surface area contributed by atoms with Crippen molar-refractivity contribution in [3.8, 4) is 5.75 Å². The van der Waals surface area contributed by atoms with Crippen LogP contribution in [0.4, 0.5) is 5.69 Å². The second-order valence-electron chi connectivity index (χ2n) is 9.62. The number of hydrogen-bond acceptors (Lipinski definition) is 7. The largest absolute Gasteiger partial charge is 0.491 e. The number of aromatic nitrogens is 2. The smallest absolute Gasteiger partial charge is 0.274 e. The molecule has 1 fully saturated rings. The van der Waals surface area contributed by atoms with Crippen LogP contribution in [-0.2, 0) is 9.53 Å². The molecule has 1 aromatic carbocycles. The van der Waals surface area contributed by atoms with Crippen molar-refractivity contribution in [3.63, 3.8) is 0 Å². The van der Waals surface area contributed by atoms with Crippen LogP contribution in [0.3, 0.4) is 0 Å². The van der Waals surface area contributed by atoms with Crippen molar-refractivity contribution in [2.24, 2.45) is 11.8 Å². The lowest BCUT2D eigenvalue weighted by Crippen LogP contribution is -2.48. The zero-order valence-corrected chi connectivity index (χ0v) is 21.1. The van der Waals surface area contributed by atoms with Crippen molar-refractivity contribution < 1.29 is 23.9 Å². The molecule has 192 valence electrons. The van der Waals surface area contributed by atoms with Crippen molar-refractivity contribution in [2.75, 3.05) is 39.2 Å². The average Bonchev–Trinajstić information content (AvgIpc) is 3.74. The molecule has 3 amide bonds. The zero-order chi connectivity index (χ0) is 25.8. The van der Waals surface area contributed by atoms with E-state index in [0.29, 0.717) is 30.1 Å². The van der Waals surface area contributed by atoms with Gasteiger partial charge in [0.15, 0.2) is 0 Å². The number of nitrogens with zero attached hydrogens (tertiary/aromatic N) is 4. The maximum atomic E-state index is 13.4. The predicted molar refractivity (Wildman–Crippen MR) is 133 cm³/mol. The van der Waals surface area contributed by atoms with E-state index in [1.807, 2.05) is 13.8 Å². The molecule has 1 aromatic heterocycles. The highest BCUT2D eigenvalue weighted by atomic mass is 16.5. The van der Waals surface area contributed by atoms with Gasteiger partial charge < -0.3 is 24.6 Å². The Balaban J connectivity index is 1.65. The maximum Gasteiger partial charge on any atom is 0.274 e. The molecule has 2 heterocycles. The van der Waals surface area contributed by atoms with E-state index >= 15 is 0 Å². The van der Waals surface area contributed by atoms with Crippen LogP contribution in [0.1, 0.15) is 47.5 Å². The Morgan fingerprint density at radius 3 is 2.61 bits per heavy atom. The van der Waals surface area contributed by atoms with E-state index in [1.165, 1.54) is 18.6 Å². The molecule has 2 aliphatic rings. The van der Waals surface area contributed by atoms with Crippen molar-refractivity contribution in [3.05, 3.63) is 48.0 Å². The number of ether oxygens (including phenoxy) is 2. The van der Waals surface area contributed by atoms with Gasteiger partial charge in [0, 0.05) is 57.2 Å². The summed E-state index contributed by atoms with van der Waals surface area (Å²) in [4.78, 5) is 50.6. The van der Waals surface area contributed by atoms with Gasteiger partial charge in [-0.05, 0) is 38.0 Å². The lowest BCUT2D eigenvalue weighted by Gasteiger charge is -2.35. The Hall–Kier alpha value is -3.53. The Kier molecular flexibility index (Phi) is 7.83. The highest BCUT2D eigenvalue weighted by Gasteiger charge is 2.32. The van der Waals surface area contributed by atoms with Crippen LogP contribution in [0.2, 0.25) is 0 Å². The summed E-state index contributed by atoms with van der Waals surface area (Å²) < 4.78 is 11.8. The van der Waals surface area contributed by atoms with Crippen LogP contribution in [-0.4, -0.2) is 83.5 Å². The summed E-state index contributed by atoms with van der Waals surface area (Å²) in [6.07, 6.45) is 5.92. The summed E-state index contributed by atoms with van der Waals surface area (Å²) in [5.74, 6) is -0.176. The van der Waals surface area contributed by atoms with Crippen LogP contribution in [0.15, 0.2) is 36.8 Å². The summed E-state index contributed by atoms with van der Waals surface area (Å²) in [7, 11) is 3.31. The minimum atomic E-state index is -0.325. The first-order valence-electron chi connectivity index (χ1n) is 12.2. The van der Waals surface area contributed by atoms with Crippen LogP contribution in [0.5, 0.6) is 5.75 Å². The van der Waals surface area contributed by atoms with Gasteiger partial charge in [-0.25, -0.2) is 4.98 Å². The highest BCUT2D eigenvalue weighted by molar-refractivity contribution is 6.00. The van der Waals surface area contributed by atoms with Gasteiger partial charge in [-0.1, -0.05) is 6.92 Å². The molecule has 10 nitrogen and oxygen atoms in total. The number of benzene rings is 1. The van der Waals surface area contributed by atoms with Gasteiger partial charge in [0.2, 0.25) is 5.91 Å². The SMILES string of the molecule is CO[C@@H]1CN(C)C(=O)c2cc(NC(=O)C3CC3)ccc2OC[C@H](C)N(C(=O)c2cnccn2)C[C@@H]1C. The van der Waals surface area contributed by atoms with Gasteiger partial charge in [-0.15, -0.1) is 0 Å². The quantitative estimate of drug-likeness (QED) is 0.693.